The first-order valence-electron chi connectivity index (χ1n) is 8.76. The van der Waals surface area contributed by atoms with Crippen molar-refractivity contribution in [2.24, 2.45) is 0 Å². The molecule has 0 saturated heterocycles. The third-order valence-corrected chi connectivity index (χ3v) is 5.35. The third kappa shape index (κ3) is 5.15. The van der Waals surface area contributed by atoms with Gasteiger partial charge < -0.3 is 15.4 Å². The Morgan fingerprint density at radius 2 is 2.10 bits per heavy atom. The van der Waals surface area contributed by atoms with Crippen LogP contribution in [0.25, 0.3) is 0 Å². The summed E-state index contributed by atoms with van der Waals surface area (Å²) in [7, 11) is 1.54. The number of thioether (sulfide) groups is 1. The lowest BCUT2D eigenvalue weighted by atomic mass is 9.87. The number of benzene rings is 2. The van der Waals surface area contributed by atoms with Crippen LogP contribution in [0.5, 0.6) is 5.75 Å². The molecule has 1 heterocycles. The summed E-state index contributed by atoms with van der Waals surface area (Å²) in [6.07, 6.45) is 0.0919. The van der Waals surface area contributed by atoms with Crippen molar-refractivity contribution in [1.82, 2.24) is 5.32 Å². The van der Waals surface area contributed by atoms with Gasteiger partial charge in [-0.1, -0.05) is 30.0 Å². The second-order valence-corrected chi connectivity index (χ2v) is 7.27. The lowest BCUT2D eigenvalue weighted by Crippen LogP contribution is -2.31. The predicted molar refractivity (Wildman–Crippen MR) is 109 cm³/mol. The van der Waals surface area contributed by atoms with Crippen molar-refractivity contribution in [2.45, 2.75) is 12.3 Å². The van der Waals surface area contributed by atoms with Crippen molar-refractivity contribution in [3.63, 3.8) is 0 Å². The number of nitriles is 1. The summed E-state index contributed by atoms with van der Waals surface area (Å²) in [6.45, 7) is 0. The van der Waals surface area contributed by atoms with Crippen LogP contribution in [0.2, 0.25) is 0 Å². The Hall–Kier alpha value is -3.31. The molecule has 0 spiro atoms. The summed E-state index contributed by atoms with van der Waals surface area (Å²) in [5.41, 5.74) is 1.62. The monoisotopic (exact) mass is 411 g/mol. The van der Waals surface area contributed by atoms with Crippen LogP contribution in [0, 0.1) is 17.1 Å². The first-order chi connectivity index (χ1) is 14.0. The van der Waals surface area contributed by atoms with E-state index in [4.69, 9.17) is 4.74 Å². The molecule has 1 atom stereocenters. The van der Waals surface area contributed by atoms with Crippen LogP contribution >= 0.6 is 11.8 Å². The van der Waals surface area contributed by atoms with Gasteiger partial charge in [0.1, 0.15) is 11.6 Å². The fourth-order valence-electron chi connectivity index (χ4n) is 2.95. The number of hydrogen-bond donors (Lipinski definition) is 2. The molecule has 2 N–H and O–H groups in total. The molecular formula is C21H18FN3O3S. The van der Waals surface area contributed by atoms with Gasteiger partial charge in [-0.05, 0) is 29.8 Å². The maximum absolute atomic E-state index is 13.2. The summed E-state index contributed by atoms with van der Waals surface area (Å²) in [4.78, 5) is 24.4. The van der Waals surface area contributed by atoms with Crippen molar-refractivity contribution >= 4 is 29.3 Å². The molecule has 6 nitrogen and oxygen atoms in total. The second kappa shape index (κ2) is 9.26. The van der Waals surface area contributed by atoms with E-state index in [1.165, 1.54) is 19.2 Å². The van der Waals surface area contributed by atoms with E-state index < -0.39 is 5.92 Å². The summed E-state index contributed by atoms with van der Waals surface area (Å²) in [6, 6.07) is 14.8. The standard InChI is InChI=1S/C21H18FN3O3S/c1-28-16-4-2-3-15(9-16)24-20(27)12-29-21-18(11-23)17(10-19(26)25-21)13-5-7-14(22)8-6-13/h2-9,17H,10,12H2,1H3,(H,24,27)(H,25,26). The molecule has 2 amide bonds. The van der Waals surface area contributed by atoms with E-state index >= 15 is 0 Å². The quantitative estimate of drug-likeness (QED) is 0.759. The van der Waals surface area contributed by atoms with E-state index in [-0.39, 0.29) is 29.8 Å². The molecule has 0 radical (unpaired) electrons. The van der Waals surface area contributed by atoms with E-state index in [0.29, 0.717) is 27.6 Å². The van der Waals surface area contributed by atoms with Crippen LogP contribution in [0.3, 0.4) is 0 Å². The van der Waals surface area contributed by atoms with E-state index in [1.54, 1.807) is 36.4 Å². The van der Waals surface area contributed by atoms with Crippen LogP contribution in [0.15, 0.2) is 59.1 Å². The van der Waals surface area contributed by atoms with Gasteiger partial charge in [-0.15, -0.1) is 0 Å². The minimum absolute atomic E-state index is 0.00808. The number of ether oxygens (including phenoxy) is 1. The van der Waals surface area contributed by atoms with Crippen LogP contribution in [0.1, 0.15) is 17.9 Å². The Morgan fingerprint density at radius 3 is 2.79 bits per heavy atom. The van der Waals surface area contributed by atoms with Crippen molar-refractivity contribution in [3.8, 4) is 11.8 Å². The largest absolute Gasteiger partial charge is 0.497 e. The molecule has 1 aliphatic rings. The molecule has 29 heavy (non-hydrogen) atoms. The van der Waals surface area contributed by atoms with Gasteiger partial charge in [0.05, 0.1) is 29.5 Å². The Kier molecular flexibility index (Phi) is 6.52. The maximum atomic E-state index is 13.2. The predicted octanol–water partition coefficient (Wildman–Crippen LogP) is 3.54. The number of rotatable bonds is 6. The van der Waals surface area contributed by atoms with E-state index in [2.05, 4.69) is 16.7 Å². The topological polar surface area (TPSA) is 91.2 Å². The van der Waals surface area contributed by atoms with Gasteiger partial charge in [0, 0.05) is 24.1 Å². The molecule has 0 saturated carbocycles. The minimum Gasteiger partial charge on any atom is -0.497 e. The molecule has 0 bridgehead atoms. The third-order valence-electron chi connectivity index (χ3n) is 4.33. The van der Waals surface area contributed by atoms with Gasteiger partial charge in [-0.3, -0.25) is 9.59 Å². The maximum Gasteiger partial charge on any atom is 0.234 e. The summed E-state index contributed by atoms with van der Waals surface area (Å²) >= 11 is 1.08. The lowest BCUT2D eigenvalue weighted by molar-refractivity contribution is -0.121. The van der Waals surface area contributed by atoms with Gasteiger partial charge in [0.25, 0.3) is 0 Å². The number of halogens is 1. The molecule has 0 aliphatic carbocycles. The number of nitrogens with one attached hydrogen (secondary N) is 2. The van der Waals surface area contributed by atoms with Crippen molar-refractivity contribution in [3.05, 3.63) is 70.5 Å². The van der Waals surface area contributed by atoms with Crippen LogP contribution in [-0.4, -0.2) is 24.7 Å². The van der Waals surface area contributed by atoms with Crippen LogP contribution in [-0.2, 0) is 9.59 Å². The number of anilines is 1. The molecule has 2 aromatic carbocycles. The second-order valence-electron chi connectivity index (χ2n) is 6.28. The zero-order chi connectivity index (χ0) is 20.8. The lowest BCUT2D eigenvalue weighted by Gasteiger charge is -2.25. The number of carbonyl (C=O) groups is 2. The molecule has 0 fully saturated rings. The van der Waals surface area contributed by atoms with E-state index in [1.807, 2.05) is 0 Å². The number of allylic oxidation sites excluding steroid dienone is 1. The highest BCUT2D eigenvalue weighted by Crippen LogP contribution is 2.36. The summed E-state index contributed by atoms with van der Waals surface area (Å²) < 4.78 is 18.3. The molecule has 0 aromatic heterocycles. The van der Waals surface area contributed by atoms with Gasteiger partial charge >= 0.3 is 0 Å². The average molecular weight is 411 g/mol. The summed E-state index contributed by atoms with van der Waals surface area (Å²) in [5.74, 6) is -0.779. The van der Waals surface area contributed by atoms with Gasteiger partial charge in [-0.2, -0.15) is 5.26 Å². The Morgan fingerprint density at radius 1 is 1.34 bits per heavy atom. The summed E-state index contributed by atoms with van der Waals surface area (Å²) in [5, 5.41) is 15.4. The Balaban J connectivity index is 1.73. The molecule has 2 aromatic rings. The molecule has 1 unspecified atom stereocenters. The number of methoxy groups -OCH3 is 1. The Labute approximate surface area is 171 Å². The zero-order valence-electron chi connectivity index (χ0n) is 15.6. The number of amides is 2. The highest BCUT2D eigenvalue weighted by atomic mass is 32.2. The average Bonchev–Trinajstić information content (AvgIpc) is 2.72. The SMILES string of the molecule is COc1cccc(NC(=O)CSC2=C(C#N)C(c3ccc(F)cc3)CC(=O)N2)c1. The van der Waals surface area contributed by atoms with Crippen molar-refractivity contribution in [2.75, 3.05) is 18.2 Å². The fraction of sp³-hybridized carbons (Fsp3) is 0.190. The smallest absolute Gasteiger partial charge is 0.234 e. The molecule has 1 aliphatic heterocycles. The molecular weight excluding hydrogens is 393 g/mol. The molecule has 8 heteroatoms. The zero-order valence-corrected chi connectivity index (χ0v) is 16.4. The van der Waals surface area contributed by atoms with Crippen molar-refractivity contribution < 1.29 is 18.7 Å². The van der Waals surface area contributed by atoms with Gasteiger partial charge in [-0.25, -0.2) is 4.39 Å². The van der Waals surface area contributed by atoms with Crippen LogP contribution in [0.4, 0.5) is 10.1 Å². The van der Waals surface area contributed by atoms with E-state index in [0.717, 1.165) is 11.8 Å². The first kappa shape index (κ1) is 20.4. The van der Waals surface area contributed by atoms with Crippen LogP contribution < -0.4 is 15.4 Å². The van der Waals surface area contributed by atoms with E-state index in [9.17, 15) is 19.2 Å². The fourth-order valence-corrected chi connectivity index (χ4v) is 3.83. The highest BCUT2D eigenvalue weighted by molar-refractivity contribution is 8.03. The number of hydrogen-bond acceptors (Lipinski definition) is 5. The number of carbonyl (C=O) groups excluding carboxylic acids is 2. The number of nitrogens with zero attached hydrogens (tertiary/aromatic N) is 1. The van der Waals surface area contributed by atoms with Gasteiger partial charge in [0.15, 0.2) is 0 Å². The minimum atomic E-state index is -0.474. The first-order valence-corrected chi connectivity index (χ1v) is 9.75. The van der Waals surface area contributed by atoms with Gasteiger partial charge in [0.2, 0.25) is 11.8 Å². The molecule has 3 rings (SSSR count). The normalized spacial score (nSPS) is 16.0. The van der Waals surface area contributed by atoms with Crippen molar-refractivity contribution in [1.29, 1.82) is 5.26 Å². The molecule has 148 valence electrons. The highest BCUT2D eigenvalue weighted by Gasteiger charge is 2.29. The Bertz CT molecular complexity index is 999.